The van der Waals surface area contributed by atoms with Gasteiger partial charge in [-0.15, -0.1) is 0 Å². The highest BCUT2D eigenvalue weighted by molar-refractivity contribution is 5.70. The van der Waals surface area contributed by atoms with E-state index in [1.165, 1.54) is 0 Å². The maximum atomic E-state index is 10.7. The Balaban J connectivity index is 2.44. The number of anilines is 1. The molecule has 4 heteroatoms. The quantitative estimate of drug-likeness (QED) is 0.747. The van der Waals surface area contributed by atoms with Gasteiger partial charge in [-0.25, -0.2) is 0 Å². The minimum atomic E-state index is -0.760. The summed E-state index contributed by atoms with van der Waals surface area (Å²) < 4.78 is 0. The number of nitrogens with zero attached hydrogens (tertiary/aromatic N) is 1. The van der Waals surface area contributed by atoms with Crippen LogP contribution >= 0.6 is 0 Å². The van der Waals surface area contributed by atoms with Crippen molar-refractivity contribution in [1.82, 2.24) is 4.98 Å². The molecule has 4 nitrogen and oxygen atoms in total. The van der Waals surface area contributed by atoms with Gasteiger partial charge in [0.2, 0.25) is 0 Å². The van der Waals surface area contributed by atoms with Gasteiger partial charge in [-0.05, 0) is 18.6 Å². The zero-order valence-corrected chi connectivity index (χ0v) is 8.10. The smallest absolute Gasteiger partial charge is 0.308 e. The molecule has 1 rings (SSSR count). The Labute approximate surface area is 83.0 Å². The van der Waals surface area contributed by atoms with Gasteiger partial charge in [0, 0.05) is 18.9 Å². The first-order valence-electron chi connectivity index (χ1n) is 4.60. The first-order valence-corrected chi connectivity index (χ1v) is 4.60. The van der Waals surface area contributed by atoms with Crippen LogP contribution in [0.25, 0.3) is 0 Å². The number of nitrogens with one attached hydrogen (secondary N) is 1. The number of aromatic nitrogens is 1. The Morgan fingerprint density at radius 3 is 3.00 bits per heavy atom. The summed E-state index contributed by atoms with van der Waals surface area (Å²) >= 11 is 0. The summed E-state index contributed by atoms with van der Waals surface area (Å²) in [6.45, 7) is 2.31. The SMILES string of the molecule is CCC(CNc1cccnc1)C(=O)O. The van der Waals surface area contributed by atoms with Gasteiger partial charge in [0.25, 0.3) is 0 Å². The van der Waals surface area contributed by atoms with Crippen molar-refractivity contribution in [2.24, 2.45) is 5.92 Å². The fourth-order valence-electron chi connectivity index (χ4n) is 1.11. The second kappa shape index (κ2) is 5.21. The summed E-state index contributed by atoms with van der Waals surface area (Å²) in [6.07, 6.45) is 3.98. The van der Waals surface area contributed by atoms with E-state index in [-0.39, 0.29) is 5.92 Å². The Bertz CT molecular complexity index is 287. The topological polar surface area (TPSA) is 62.2 Å². The van der Waals surface area contributed by atoms with Crippen LogP contribution in [0.1, 0.15) is 13.3 Å². The number of pyridine rings is 1. The molecule has 0 saturated carbocycles. The summed E-state index contributed by atoms with van der Waals surface area (Å²) in [5.74, 6) is -1.10. The van der Waals surface area contributed by atoms with Crippen molar-refractivity contribution in [2.75, 3.05) is 11.9 Å². The fraction of sp³-hybridized carbons (Fsp3) is 0.400. The lowest BCUT2D eigenvalue weighted by atomic mass is 10.1. The Morgan fingerprint density at radius 1 is 1.71 bits per heavy atom. The Kier molecular flexibility index (Phi) is 3.91. The minimum absolute atomic E-state index is 0.338. The lowest BCUT2D eigenvalue weighted by Crippen LogP contribution is -2.22. The number of carbonyl (C=O) groups is 1. The maximum Gasteiger partial charge on any atom is 0.308 e. The van der Waals surface area contributed by atoms with Crippen LogP contribution in [-0.2, 0) is 4.79 Å². The molecule has 0 radical (unpaired) electrons. The number of hydrogen-bond acceptors (Lipinski definition) is 3. The highest BCUT2D eigenvalue weighted by Crippen LogP contribution is 2.07. The van der Waals surface area contributed by atoms with Gasteiger partial charge in [-0.3, -0.25) is 9.78 Å². The number of aliphatic carboxylic acids is 1. The van der Waals surface area contributed by atoms with Crippen LogP contribution in [0.4, 0.5) is 5.69 Å². The normalized spacial score (nSPS) is 12.1. The van der Waals surface area contributed by atoms with Crippen molar-refractivity contribution < 1.29 is 9.90 Å². The van der Waals surface area contributed by atoms with E-state index < -0.39 is 5.97 Å². The van der Waals surface area contributed by atoms with Crippen molar-refractivity contribution in [2.45, 2.75) is 13.3 Å². The lowest BCUT2D eigenvalue weighted by molar-refractivity contribution is -0.141. The molecular formula is C10H14N2O2. The monoisotopic (exact) mass is 194 g/mol. The molecule has 14 heavy (non-hydrogen) atoms. The van der Waals surface area contributed by atoms with Crippen molar-refractivity contribution >= 4 is 11.7 Å². The third-order valence-electron chi connectivity index (χ3n) is 2.06. The van der Waals surface area contributed by atoms with Crippen LogP contribution in [0, 0.1) is 5.92 Å². The summed E-state index contributed by atoms with van der Waals surface area (Å²) in [6, 6.07) is 3.67. The molecule has 0 saturated heterocycles. The molecule has 1 aromatic heterocycles. The van der Waals surface area contributed by atoms with Crippen LogP contribution in [0.3, 0.4) is 0 Å². The van der Waals surface area contributed by atoms with Crippen molar-refractivity contribution in [3.63, 3.8) is 0 Å². The highest BCUT2D eigenvalue weighted by atomic mass is 16.4. The molecule has 1 atom stereocenters. The fourth-order valence-corrected chi connectivity index (χ4v) is 1.11. The first kappa shape index (κ1) is 10.5. The molecule has 0 aliphatic rings. The maximum absolute atomic E-state index is 10.7. The number of carboxylic acids is 1. The average Bonchev–Trinajstić information content (AvgIpc) is 2.20. The van der Waals surface area contributed by atoms with E-state index >= 15 is 0 Å². The van der Waals surface area contributed by atoms with E-state index in [9.17, 15) is 4.79 Å². The Hall–Kier alpha value is -1.58. The van der Waals surface area contributed by atoms with Crippen LogP contribution in [0.2, 0.25) is 0 Å². The second-order valence-electron chi connectivity index (χ2n) is 3.07. The second-order valence-corrected chi connectivity index (χ2v) is 3.07. The summed E-state index contributed by atoms with van der Waals surface area (Å²) in [5, 5.41) is 11.8. The standard InChI is InChI=1S/C10H14N2O2/c1-2-8(10(13)14)6-12-9-4-3-5-11-7-9/h3-5,7-8,12H,2,6H2,1H3,(H,13,14). The van der Waals surface area contributed by atoms with Gasteiger partial charge in [-0.2, -0.15) is 0 Å². The summed E-state index contributed by atoms with van der Waals surface area (Å²) in [5.41, 5.74) is 0.854. The van der Waals surface area contributed by atoms with E-state index in [1.54, 1.807) is 12.4 Å². The van der Waals surface area contributed by atoms with E-state index in [0.717, 1.165) is 5.69 Å². The molecule has 0 fully saturated rings. The number of rotatable bonds is 5. The third kappa shape index (κ3) is 3.05. The van der Waals surface area contributed by atoms with Gasteiger partial charge in [-0.1, -0.05) is 6.92 Å². The van der Waals surface area contributed by atoms with E-state index in [4.69, 9.17) is 5.11 Å². The van der Waals surface area contributed by atoms with Crippen molar-refractivity contribution in [1.29, 1.82) is 0 Å². The summed E-state index contributed by atoms with van der Waals surface area (Å²) in [7, 11) is 0. The van der Waals surface area contributed by atoms with Crippen molar-refractivity contribution in [3.05, 3.63) is 24.5 Å². The minimum Gasteiger partial charge on any atom is -0.481 e. The van der Waals surface area contributed by atoms with Crippen LogP contribution < -0.4 is 5.32 Å². The number of hydrogen-bond donors (Lipinski definition) is 2. The molecular weight excluding hydrogens is 180 g/mol. The average molecular weight is 194 g/mol. The van der Waals surface area contributed by atoms with Gasteiger partial charge in [0.15, 0.2) is 0 Å². The highest BCUT2D eigenvalue weighted by Gasteiger charge is 2.13. The lowest BCUT2D eigenvalue weighted by Gasteiger charge is -2.11. The van der Waals surface area contributed by atoms with Gasteiger partial charge in [0.05, 0.1) is 11.6 Å². The molecule has 0 aliphatic carbocycles. The van der Waals surface area contributed by atoms with Crippen LogP contribution in [-0.4, -0.2) is 22.6 Å². The van der Waals surface area contributed by atoms with Crippen LogP contribution in [0.5, 0.6) is 0 Å². The third-order valence-corrected chi connectivity index (χ3v) is 2.06. The van der Waals surface area contributed by atoms with E-state index in [0.29, 0.717) is 13.0 Å². The van der Waals surface area contributed by atoms with Crippen molar-refractivity contribution in [3.8, 4) is 0 Å². The zero-order valence-electron chi connectivity index (χ0n) is 8.10. The number of carboxylic acid groups (broad SMARTS) is 1. The van der Waals surface area contributed by atoms with Gasteiger partial charge >= 0.3 is 5.97 Å². The Morgan fingerprint density at radius 2 is 2.50 bits per heavy atom. The van der Waals surface area contributed by atoms with E-state index in [1.807, 2.05) is 19.1 Å². The molecule has 0 amide bonds. The molecule has 1 heterocycles. The molecule has 1 aromatic rings. The largest absolute Gasteiger partial charge is 0.481 e. The predicted molar refractivity (Wildman–Crippen MR) is 54.1 cm³/mol. The molecule has 2 N–H and O–H groups in total. The molecule has 0 bridgehead atoms. The predicted octanol–water partition coefficient (Wildman–Crippen LogP) is 1.60. The first-order chi connectivity index (χ1) is 6.74. The van der Waals surface area contributed by atoms with Gasteiger partial charge < -0.3 is 10.4 Å². The molecule has 0 aromatic carbocycles. The molecule has 76 valence electrons. The molecule has 0 spiro atoms. The molecule has 1 unspecified atom stereocenters. The van der Waals surface area contributed by atoms with Crippen LogP contribution in [0.15, 0.2) is 24.5 Å². The zero-order chi connectivity index (χ0) is 10.4. The molecule has 0 aliphatic heterocycles. The van der Waals surface area contributed by atoms with Gasteiger partial charge in [0.1, 0.15) is 0 Å². The summed E-state index contributed by atoms with van der Waals surface area (Å²) in [4.78, 5) is 14.6. The van der Waals surface area contributed by atoms with E-state index in [2.05, 4.69) is 10.3 Å².